The van der Waals surface area contributed by atoms with Crippen molar-refractivity contribution in [3.05, 3.63) is 71.3 Å². The van der Waals surface area contributed by atoms with Crippen LogP contribution in [0.15, 0.2) is 48.9 Å². The number of amides is 1. The fraction of sp³-hybridized carbons (Fsp3) is 0.484. The molecule has 2 saturated heterocycles. The molecule has 1 unspecified atom stereocenters. The number of piperidine rings is 1. The maximum Gasteiger partial charge on any atom is 0.226 e. The molecule has 0 bridgehead atoms. The van der Waals surface area contributed by atoms with Gasteiger partial charge in [-0.25, -0.2) is 4.98 Å². The van der Waals surface area contributed by atoms with Gasteiger partial charge in [0.05, 0.1) is 44.1 Å². The molecular formula is C31H38N4O3. The number of nitrogens with zero attached hydrogens (tertiary/aromatic N) is 4. The van der Waals surface area contributed by atoms with Crippen LogP contribution in [0.3, 0.4) is 0 Å². The average Bonchev–Trinajstić information content (AvgIpc) is 3.40. The largest absolute Gasteiger partial charge is 0.495 e. The Bertz CT molecular complexity index is 1300. The van der Waals surface area contributed by atoms with Gasteiger partial charge in [0.1, 0.15) is 5.75 Å². The van der Waals surface area contributed by atoms with Crippen LogP contribution < -0.4 is 9.64 Å². The fourth-order valence-electron chi connectivity index (χ4n) is 6.49. The van der Waals surface area contributed by atoms with Gasteiger partial charge in [0.25, 0.3) is 0 Å². The predicted molar refractivity (Wildman–Crippen MR) is 148 cm³/mol. The first-order valence-electron chi connectivity index (χ1n) is 14.0. The second-order valence-corrected chi connectivity index (χ2v) is 10.9. The van der Waals surface area contributed by atoms with Crippen molar-refractivity contribution in [3.63, 3.8) is 0 Å². The minimum Gasteiger partial charge on any atom is -0.495 e. The molecule has 2 aromatic carbocycles. The second-order valence-electron chi connectivity index (χ2n) is 10.9. The van der Waals surface area contributed by atoms with E-state index in [1.165, 1.54) is 16.8 Å². The van der Waals surface area contributed by atoms with Crippen LogP contribution in [0.2, 0.25) is 0 Å². The SMILES string of the molecule is COc1cc(CC2CCCN([C@H]3CCCc4cc(N5CCOCC5)ccc43)C2=O)ccc1-n1cnc(C)c1. The van der Waals surface area contributed by atoms with Gasteiger partial charge in [0.15, 0.2) is 0 Å². The number of rotatable bonds is 6. The lowest BCUT2D eigenvalue weighted by Crippen LogP contribution is -2.45. The molecule has 3 aromatic rings. The first-order chi connectivity index (χ1) is 18.6. The van der Waals surface area contributed by atoms with Crippen molar-refractivity contribution >= 4 is 11.6 Å². The number of imidazole rings is 1. The lowest BCUT2D eigenvalue weighted by atomic mass is 9.83. The van der Waals surface area contributed by atoms with E-state index in [0.717, 1.165) is 94.1 Å². The van der Waals surface area contributed by atoms with E-state index in [1.54, 1.807) is 13.4 Å². The number of ether oxygens (including phenoxy) is 2. The van der Waals surface area contributed by atoms with Crippen molar-refractivity contribution < 1.29 is 14.3 Å². The molecule has 1 aliphatic carbocycles. The molecule has 2 fully saturated rings. The number of aromatic nitrogens is 2. The molecule has 7 nitrogen and oxygen atoms in total. The normalized spacial score (nSPS) is 21.9. The quantitative estimate of drug-likeness (QED) is 0.469. The molecule has 1 amide bonds. The van der Waals surface area contributed by atoms with Crippen LogP contribution in [0.4, 0.5) is 5.69 Å². The number of fused-ring (bicyclic) bond motifs is 1. The summed E-state index contributed by atoms with van der Waals surface area (Å²) in [6.07, 6.45) is 9.81. The highest BCUT2D eigenvalue weighted by Crippen LogP contribution is 2.39. The van der Waals surface area contributed by atoms with Gasteiger partial charge in [-0.15, -0.1) is 0 Å². The van der Waals surface area contributed by atoms with E-state index in [4.69, 9.17) is 9.47 Å². The van der Waals surface area contributed by atoms with Crippen molar-refractivity contribution in [2.75, 3.05) is 44.9 Å². The standard InChI is InChI=1S/C31H38N4O3/c1-22-20-34(21-32-22)29-11-8-23(18-30(29)37-2)17-25-6-4-12-35(31(25)36)28-7-3-5-24-19-26(9-10-27(24)28)33-13-15-38-16-14-33/h8-11,18-21,25,28H,3-7,12-17H2,1-2H3/t25?,28-/m0/s1. The molecule has 3 heterocycles. The molecule has 200 valence electrons. The van der Waals surface area contributed by atoms with E-state index < -0.39 is 0 Å². The summed E-state index contributed by atoms with van der Waals surface area (Å²) in [5.41, 5.74) is 7.12. The number of methoxy groups -OCH3 is 1. The third kappa shape index (κ3) is 4.92. The van der Waals surface area contributed by atoms with Gasteiger partial charge in [-0.2, -0.15) is 0 Å². The Hall–Kier alpha value is -3.32. The van der Waals surface area contributed by atoms with Crippen molar-refractivity contribution in [1.82, 2.24) is 14.5 Å². The summed E-state index contributed by atoms with van der Waals surface area (Å²) in [6.45, 7) is 6.31. The maximum atomic E-state index is 13.9. The maximum absolute atomic E-state index is 13.9. The van der Waals surface area contributed by atoms with E-state index in [-0.39, 0.29) is 12.0 Å². The topological polar surface area (TPSA) is 59.8 Å². The lowest BCUT2D eigenvalue weighted by Gasteiger charge is -2.41. The summed E-state index contributed by atoms with van der Waals surface area (Å²) < 4.78 is 13.2. The molecule has 0 spiro atoms. The summed E-state index contributed by atoms with van der Waals surface area (Å²) in [7, 11) is 1.70. The van der Waals surface area contributed by atoms with Crippen molar-refractivity contribution in [3.8, 4) is 11.4 Å². The molecular weight excluding hydrogens is 476 g/mol. The predicted octanol–water partition coefficient (Wildman–Crippen LogP) is 4.88. The van der Waals surface area contributed by atoms with Crippen LogP contribution in [-0.2, 0) is 22.4 Å². The zero-order valence-electron chi connectivity index (χ0n) is 22.6. The van der Waals surface area contributed by atoms with Gasteiger partial charge in [-0.1, -0.05) is 12.1 Å². The van der Waals surface area contributed by atoms with Crippen molar-refractivity contribution in [2.45, 2.75) is 51.5 Å². The van der Waals surface area contributed by atoms with E-state index >= 15 is 0 Å². The highest BCUT2D eigenvalue weighted by atomic mass is 16.5. The summed E-state index contributed by atoms with van der Waals surface area (Å²) >= 11 is 0. The van der Waals surface area contributed by atoms with Gasteiger partial charge in [0.2, 0.25) is 5.91 Å². The molecule has 0 saturated carbocycles. The first kappa shape index (κ1) is 25.0. The summed E-state index contributed by atoms with van der Waals surface area (Å²) in [4.78, 5) is 22.8. The first-order valence-corrected chi connectivity index (χ1v) is 14.0. The van der Waals surface area contributed by atoms with Crippen LogP contribution in [0.25, 0.3) is 5.69 Å². The Balaban J connectivity index is 1.19. The summed E-state index contributed by atoms with van der Waals surface area (Å²) in [5, 5.41) is 0. The van der Waals surface area contributed by atoms with E-state index in [0.29, 0.717) is 5.91 Å². The molecule has 2 atom stereocenters. The number of carbonyl (C=O) groups excluding carboxylic acids is 1. The molecule has 2 aliphatic heterocycles. The summed E-state index contributed by atoms with van der Waals surface area (Å²) in [5.74, 6) is 1.12. The van der Waals surface area contributed by atoms with Gasteiger partial charge in [-0.3, -0.25) is 4.79 Å². The third-order valence-corrected chi connectivity index (χ3v) is 8.46. The Labute approximate surface area is 225 Å². The number of carbonyl (C=O) groups is 1. The number of likely N-dealkylation sites (tertiary alicyclic amines) is 1. The third-order valence-electron chi connectivity index (χ3n) is 8.46. The average molecular weight is 515 g/mol. The Morgan fingerprint density at radius 2 is 1.92 bits per heavy atom. The molecule has 0 N–H and O–H groups in total. The van der Waals surface area contributed by atoms with Gasteiger partial charge in [0, 0.05) is 37.4 Å². The lowest BCUT2D eigenvalue weighted by molar-refractivity contribution is -0.141. The minimum atomic E-state index is 0.00722. The van der Waals surface area contributed by atoms with E-state index in [1.807, 2.05) is 17.7 Å². The van der Waals surface area contributed by atoms with E-state index in [2.05, 4.69) is 51.2 Å². The zero-order chi connectivity index (χ0) is 26.1. The minimum absolute atomic E-state index is 0.00722. The molecule has 3 aliphatic rings. The number of benzene rings is 2. The molecule has 1 aromatic heterocycles. The molecule has 7 heteroatoms. The van der Waals surface area contributed by atoms with Crippen LogP contribution in [0.5, 0.6) is 5.75 Å². The molecule has 0 radical (unpaired) electrons. The van der Waals surface area contributed by atoms with Crippen molar-refractivity contribution in [1.29, 1.82) is 0 Å². The van der Waals surface area contributed by atoms with Gasteiger partial charge in [-0.05, 0) is 86.4 Å². The Morgan fingerprint density at radius 1 is 1.05 bits per heavy atom. The Morgan fingerprint density at radius 3 is 2.71 bits per heavy atom. The number of aryl methyl sites for hydroxylation is 2. The summed E-state index contributed by atoms with van der Waals surface area (Å²) in [6, 6.07) is 13.4. The van der Waals surface area contributed by atoms with Crippen LogP contribution in [0, 0.1) is 12.8 Å². The molecule has 38 heavy (non-hydrogen) atoms. The van der Waals surface area contributed by atoms with Gasteiger partial charge < -0.3 is 23.8 Å². The zero-order valence-corrected chi connectivity index (χ0v) is 22.6. The monoisotopic (exact) mass is 514 g/mol. The highest BCUT2D eigenvalue weighted by molar-refractivity contribution is 5.80. The number of morpholine rings is 1. The number of hydrogen-bond acceptors (Lipinski definition) is 5. The van der Waals surface area contributed by atoms with E-state index in [9.17, 15) is 4.79 Å². The number of anilines is 1. The van der Waals surface area contributed by atoms with Crippen LogP contribution in [0.1, 0.15) is 54.1 Å². The smallest absolute Gasteiger partial charge is 0.226 e. The number of hydrogen-bond donors (Lipinski definition) is 0. The second kappa shape index (κ2) is 10.8. The van der Waals surface area contributed by atoms with Crippen LogP contribution in [-0.4, -0.2) is 60.3 Å². The molecule has 6 rings (SSSR count). The fourth-order valence-corrected chi connectivity index (χ4v) is 6.49. The Kier molecular flexibility index (Phi) is 7.11. The van der Waals surface area contributed by atoms with Crippen LogP contribution >= 0.6 is 0 Å². The van der Waals surface area contributed by atoms with Gasteiger partial charge >= 0.3 is 0 Å². The highest BCUT2D eigenvalue weighted by Gasteiger charge is 2.36. The van der Waals surface area contributed by atoms with Crippen molar-refractivity contribution in [2.24, 2.45) is 5.92 Å².